The summed E-state index contributed by atoms with van der Waals surface area (Å²) >= 11 is 6.12. The number of rotatable bonds is 10. The van der Waals surface area contributed by atoms with Gasteiger partial charge in [0, 0.05) is 22.2 Å². The van der Waals surface area contributed by atoms with E-state index >= 15 is 0 Å². The summed E-state index contributed by atoms with van der Waals surface area (Å²) in [6, 6.07) is 16.6. The number of hydrazone groups is 1. The average molecular weight is 497 g/mol. The Hall–Kier alpha value is -3.79. The lowest BCUT2D eigenvalue weighted by molar-refractivity contribution is -0.0543. The van der Waals surface area contributed by atoms with Crippen molar-refractivity contribution in [2.75, 3.05) is 0 Å². The Labute approximate surface area is 196 Å². The SMILES string of the molecule is O=C(NN=Cc1ccc(OC(F)F)cc1OC(F)F)c1ccccc1OCc1ccccc1Cl. The van der Waals surface area contributed by atoms with Gasteiger partial charge in [0.2, 0.25) is 0 Å². The van der Waals surface area contributed by atoms with Gasteiger partial charge in [-0.25, -0.2) is 5.43 Å². The lowest BCUT2D eigenvalue weighted by Gasteiger charge is -2.12. The molecule has 178 valence electrons. The molecule has 0 unspecified atom stereocenters. The van der Waals surface area contributed by atoms with E-state index in [0.29, 0.717) is 5.02 Å². The molecule has 34 heavy (non-hydrogen) atoms. The first-order chi connectivity index (χ1) is 16.3. The van der Waals surface area contributed by atoms with Crippen LogP contribution in [0.3, 0.4) is 0 Å². The van der Waals surface area contributed by atoms with E-state index in [1.165, 1.54) is 12.1 Å². The van der Waals surface area contributed by atoms with Crippen LogP contribution in [0.2, 0.25) is 5.02 Å². The zero-order valence-electron chi connectivity index (χ0n) is 17.3. The minimum Gasteiger partial charge on any atom is -0.488 e. The highest BCUT2D eigenvalue weighted by Gasteiger charge is 2.14. The molecule has 1 N–H and O–H groups in total. The van der Waals surface area contributed by atoms with E-state index in [2.05, 4.69) is 20.0 Å². The van der Waals surface area contributed by atoms with E-state index in [4.69, 9.17) is 16.3 Å². The summed E-state index contributed by atoms with van der Waals surface area (Å²) in [5, 5.41) is 4.25. The van der Waals surface area contributed by atoms with Crippen molar-refractivity contribution in [1.29, 1.82) is 0 Å². The standard InChI is InChI=1S/C23H17ClF4N2O4/c24-18-7-3-1-5-15(18)13-32-19-8-4-2-6-17(19)21(31)30-29-12-14-9-10-16(33-22(25)26)11-20(14)34-23(27)28/h1-12,22-23H,13H2,(H,30,31). The zero-order chi connectivity index (χ0) is 24.5. The molecule has 0 radical (unpaired) electrons. The molecule has 0 atom stereocenters. The summed E-state index contributed by atoms with van der Waals surface area (Å²) in [6.45, 7) is -6.24. The number of carbonyl (C=O) groups is 1. The topological polar surface area (TPSA) is 69.2 Å². The molecule has 3 rings (SSSR count). The van der Waals surface area contributed by atoms with Crippen LogP contribution in [-0.4, -0.2) is 25.3 Å². The molecule has 0 aliphatic heterocycles. The van der Waals surface area contributed by atoms with Gasteiger partial charge in [0.25, 0.3) is 5.91 Å². The first kappa shape index (κ1) is 24.8. The first-order valence-corrected chi connectivity index (χ1v) is 10.0. The zero-order valence-corrected chi connectivity index (χ0v) is 18.0. The molecular formula is C23H17ClF4N2O4. The van der Waals surface area contributed by atoms with Crippen molar-refractivity contribution in [1.82, 2.24) is 5.43 Å². The van der Waals surface area contributed by atoms with Crippen LogP contribution in [0.4, 0.5) is 17.6 Å². The molecule has 0 saturated carbocycles. The Morgan fingerprint density at radius 1 is 0.941 bits per heavy atom. The minimum absolute atomic E-state index is 0.00882. The van der Waals surface area contributed by atoms with Gasteiger partial charge in [0.05, 0.1) is 11.8 Å². The summed E-state index contributed by atoms with van der Waals surface area (Å²) in [5.74, 6) is -1.21. The minimum atomic E-state index is -3.22. The van der Waals surface area contributed by atoms with Crippen molar-refractivity contribution in [3.8, 4) is 17.2 Å². The fraction of sp³-hybridized carbons (Fsp3) is 0.130. The van der Waals surface area contributed by atoms with Crippen LogP contribution in [-0.2, 0) is 6.61 Å². The number of nitrogens with one attached hydrogen (secondary N) is 1. The van der Waals surface area contributed by atoms with Gasteiger partial charge in [0.15, 0.2) is 0 Å². The lowest BCUT2D eigenvalue weighted by Crippen LogP contribution is -2.19. The third kappa shape index (κ3) is 7.11. The number of carbonyl (C=O) groups excluding carboxylic acids is 1. The first-order valence-electron chi connectivity index (χ1n) is 9.66. The van der Waals surface area contributed by atoms with E-state index in [0.717, 1.165) is 23.9 Å². The van der Waals surface area contributed by atoms with Gasteiger partial charge in [-0.2, -0.15) is 22.7 Å². The molecule has 0 aliphatic rings. The summed E-state index contributed by atoms with van der Waals surface area (Å²) in [7, 11) is 0. The second-order valence-electron chi connectivity index (χ2n) is 6.53. The molecule has 0 fully saturated rings. The van der Waals surface area contributed by atoms with Crippen molar-refractivity contribution in [3.05, 3.63) is 88.4 Å². The van der Waals surface area contributed by atoms with Crippen molar-refractivity contribution < 1.29 is 36.6 Å². The second kappa shape index (κ2) is 11.9. The summed E-state index contributed by atoms with van der Waals surface area (Å²) < 4.78 is 64.3. The van der Waals surface area contributed by atoms with Crippen molar-refractivity contribution in [3.63, 3.8) is 0 Å². The van der Waals surface area contributed by atoms with Gasteiger partial charge in [-0.15, -0.1) is 0 Å². The predicted molar refractivity (Wildman–Crippen MR) is 117 cm³/mol. The monoisotopic (exact) mass is 496 g/mol. The van der Waals surface area contributed by atoms with Crippen LogP contribution >= 0.6 is 11.6 Å². The number of amides is 1. The van der Waals surface area contributed by atoms with Gasteiger partial charge in [0.1, 0.15) is 23.9 Å². The van der Waals surface area contributed by atoms with Crippen molar-refractivity contribution in [2.45, 2.75) is 19.8 Å². The number of hydrogen-bond donors (Lipinski definition) is 1. The van der Waals surface area contributed by atoms with Crippen LogP contribution in [0.25, 0.3) is 0 Å². The van der Waals surface area contributed by atoms with E-state index in [9.17, 15) is 22.4 Å². The maximum Gasteiger partial charge on any atom is 0.387 e. The van der Waals surface area contributed by atoms with Crippen molar-refractivity contribution >= 4 is 23.7 Å². The molecule has 0 aliphatic carbocycles. The maximum absolute atomic E-state index is 12.7. The molecule has 6 nitrogen and oxygen atoms in total. The molecule has 0 spiro atoms. The quantitative estimate of drug-likeness (QED) is 0.216. The van der Waals surface area contributed by atoms with Crippen LogP contribution in [0.15, 0.2) is 71.8 Å². The highest BCUT2D eigenvalue weighted by Crippen LogP contribution is 2.27. The Kier molecular flexibility index (Phi) is 8.69. The molecule has 1 amide bonds. The van der Waals surface area contributed by atoms with Gasteiger partial charge < -0.3 is 14.2 Å². The molecule has 0 bridgehead atoms. The normalized spacial score (nSPS) is 11.1. The molecular weight excluding hydrogens is 480 g/mol. The second-order valence-corrected chi connectivity index (χ2v) is 6.94. The molecule has 3 aromatic carbocycles. The molecule has 0 saturated heterocycles. The molecule has 3 aromatic rings. The largest absolute Gasteiger partial charge is 0.488 e. The third-order valence-corrected chi connectivity index (χ3v) is 4.64. The third-order valence-electron chi connectivity index (χ3n) is 4.27. The summed E-state index contributed by atoms with van der Waals surface area (Å²) in [6.07, 6.45) is 1.02. The van der Waals surface area contributed by atoms with Crippen LogP contribution < -0.4 is 19.6 Å². The number of ether oxygens (including phenoxy) is 3. The van der Waals surface area contributed by atoms with Crippen molar-refractivity contribution in [2.24, 2.45) is 5.10 Å². The number of para-hydroxylation sites is 1. The van der Waals surface area contributed by atoms with E-state index in [-0.39, 0.29) is 29.2 Å². The Morgan fingerprint density at radius 2 is 1.65 bits per heavy atom. The Morgan fingerprint density at radius 3 is 2.38 bits per heavy atom. The van der Waals surface area contributed by atoms with Gasteiger partial charge in [-0.05, 0) is 30.3 Å². The predicted octanol–water partition coefficient (Wildman–Crippen LogP) is 5.89. The smallest absolute Gasteiger partial charge is 0.387 e. The van der Waals surface area contributed by atoms with Crippen LogP contribution in [0.1, 0.15) is 21.5 Å². The summed E-state index contributed by atoms with van der Waals surface area (Å²) in [4.78, 5) is 12.6. The Balaban J connectivity index is 1.71. The molecule has 0 aromatic heterocycles. The van der Waals surface area contributed by atoms with E-state index in [1.54, 1.807) is 42.5 Å². The fourth-order valence-corrected chi connectivity index (χ4v) is 2.96. The molecule has 0 heterocycles. The lowest BCUT2D eigenvalue weighted by atomic mass is 10.2. The number of hydrogen-bond acceptors (Lipinski definition) is 5. The van der Waals surface area contributed by atoms with Gasteiger partial charge in [-0.1, -0.05) is 41.9 Å². The maximum atomic E-state index is 12.7. The van der Waals surface area contributed by atoms with E-state index < -0.39 is 24.9 Å². The van der Waals surface area contributed by atoms with Gasteiger partial charge >= 0.3 is 13.2 Å². The average Bonchev–Trinajstić information content (AvgIpc) is 2.79. The molecule has 11 heteroatoms. The number of nitrogens with zero attached hydrogens (tertiary/aromatic N) is 1. The number of alkyl halides is 4. The highest BCUT2D eigenvalue weighted by atomic mass is 35.5. The van der Waals surface area contributed by atoms with Crippen LogP contribution in [0, 0.1) is 0 Å². The fourth-order valence-electron chi connectivity index (χ4n) is 2.77. The summed E-state index contributed by atoms with van der Waals surface area (Å²) in [5.41, 5.74) is 3.13. The number of benzene rings is 3. The Bertz CT molecular complexity index is 1160. The highest BCUT2D eigenvalue weighted by molar-refractivity contribution is 6.31. The van der Waals surface area contributed by atoms with Gasteiger partial charge in [-0.3, -0.25) is 4.79 Å². The van der Waals surface area contributed by atoms with E-state index in [1.807, 2.05) is 0 Å². The van der Waals surface area contributed by atoms with Crippen LogP contribution in [0.5, 0.6) is 17.2 Å². The number of halogens is 5.